The minimum Gasteiger partial charge on any atom is -0.303 e. The van der Waals surface area contributed by atoms with E-state index in [1.807, 2.05) is 0 Å². The van der Waals surface area contributed by atoms with Gasteiger partial charge in [-0.25, -0.2) is 4.39 Å². The Kier molecular flexibility index (Phi) is 7.85. The molecule has 0 aliphatic heterocycles. The third-order valence-corrected chi connectivity index (χ3v) is 4.07. The number of hydrogen-bond donors (Lipinski definition) is 2. The zero-order valence-electron chi connectivity index (χ0n) is 16.5. The summed E-state index contributed by atoms with van der Waals surface area (Å²) in [6, 6.07) is 3.37. The fourth-order valence-corrected chi connectivity index (χ4v) is 2.08. The molecule has 1 amide bonds. The van der Waals surface area contributed by atoms with E-state index in [1.165, 1.54) is 0 Å². The molecule has 2 N–H and O–H groups in total. The van der Waals surface area contributed by atoms with Gasteiger partial charge in [0.1, 0.15) is 5.82 Å². The summed E-state index contributed by atoms with van der Waals surface area (Å²) in [7, 11) is 0. The van der Waals surface area contributed by atoms with Crippen molar-refractivity contribution < 1.29 is 71.1 Å². The lowest BCUT2D eigenvalue weighted by atomic mass is 9.92. The third-order valence-electron chi connectivity index (χ3n) is 4.07. The number of benzene rings is 1. The molecule has 0 bridgehead atoms. The molecule has 0 saturated heterocycles. The molecular formula is C17H10F14N2O2. The lowest BCUT2D eigenvalue weighted by Crippen LogP contribution is -2.71. The number of alkyl halides is 13. The van der Waals surface area contributed by atoms with E-state index in [2.05, 4.69) is 0 Å². The maximum Gasteiger partial charge on any atom is 0.460 e. The van der Waals surface area contributed by atoms with Gasteiger partial charge in [-0.05, 0) is 31.2 Å². The molecule has 35 heavy (non-hydrogen) atoms. The Morgan fingerprint density at radius 1 is 0.686 bits per heavy atom. The second-order valence-electron chi connectivity index (χ2n) is 6.65. The number of halogens is 14. The lowest BCUT2D eigenvalue weighted by Gasteiger charge is -2.39. The van der Waals surface area contributed by atoms with Crippen LogP contribution < -0.4 is 10.9 Å². The average Bonchev–Trinajstić information content (AvgIpc) is 2.70. The van der Waals surface area contributed by atoms with Crippen LogP contribution in [0.1, 0.15) is 17.3 Å². The van der Waals surface area contributed by atoms with Gasteiger partial charge in [0.05, 0.1) is 0 Å². The summed E-state index contributed by atoms with van der Waals surface area (Å²) < 4.78 is 182. The molecule has 1 rings (SSSR count). The predicted molar refractivity (Wildman–Crippen MR) is 86.6 cm³/mol. The van der Waals surface area contributed by atoms with Crippen LogP contribution in [-0.2, 0) is 4.79 Å². The first-order chi connectivity index (χ1) is 15.4. The SMILES string of the molecule is C/C(=C\C(=O)C(F)(F)C(F)(F)C(F)(F)C(F)(F)C(F)(F)C(F)(F)F)NNC(=O)c1ccc(F)cc1. The molecule has 0 spiro atoms. The van der Waals surface area contributed by atoms with E-state index in [4.69, 9.17) is 0 Å². The smallest absolute Gasteiger partial charge is 0.303 e. The van der Waals surface area contributed by atoms with Gasteiger partial charge in [-0.15, -0.1) is 0 Å². The van der Waals surface area contributed by atoms with Crippen molar-refractivity contribution in [1.29, 1.82) is 0 Å². The fourth-order valence-electron chi connectivity index (χ4n) is 2.08. The Morgan fingerprint density at radius 2 is 1.11 bits per heavy atom. The van der Waals surface area contributed by atoms with Crippen molar-refractivity contribution in [2.45, 2.75) is 42.7 Å². The van der Waals surface area contributed by atoms with Crippen molar-refractivity contribution in [3.8, 4) is 0 Å². The number of amides is 1. The minimum atomic E-state index is -8.13. The highest BCUT2D eigenvalue weighted by Crippen LogP contribution is 2.60. The molecule has 0 aliphatic rings. The first kappa shape index (κ1) is 30.0. The number of ketones is 1. The maximum atomic E-state index is 13.7. The van der Waals surface area contributed by atoms with Gasteiger partial charge in [-0.1, -0.05) is 0 Å². The summed E-state index contributed by atoms with van der Waals surface area (Å²) in [5.41, 5.74) is 1.94. The fraction of sp³-hybridized carbons (Fsp3) is 0.412. The van der Waals surface area contributed by atoms with Crippen LogP contribution in [0.3, 0.4) is 0 Å². The van der Waals surface area contributed by atoms with Crippen LogP contribution in [0.2, 0.25) is 0 Å². The van der Waals surface area contributed by atoms with Crippen LogP contribution in [0.25, 0.3) is 0 Å². The van der Waals surface area contributed by atoms with E-state index in [9.17, 15) is 71.1 Å². The Morgan fingerprint density at radius 3 is 1.54 bits per heavy atom. The van der Waals surface area contributed by atoms with Crippen molar-refractivity contribution >= 4 is 11.7 Å². The van der Waals surface area contributed by atoms with Crippen molar-refractivity contribution in [1.82, 2.24) is 10.9 Å². The summed E-state index contributed by atoms with van der Waals surface area (Å²) in [4.78, 5) is 23.1. The number of rotatable bonds is 9. The highest BCUT2D eigenvalue weighted by molar-refractivity contribution is 5.97. The van der Waals surface area contributed by atoms with Crippen molar-refractivity contribution in [2.75, 3.05) is 0 Å². The largest absolute Gasteiger partial charge is 0.460 e. The maximum absolute atomic E-state index is 13.7. The van der Waals surface area contributed by atoms with Gasteiger partial charge in [0.2, 0.25) is 5.78 Å². The molecule has 18 heteroatoms. The van der Waals surface area contributed by atoms with Crippen LogP contribution in [0.4, 0.5) is 61.5 Å². The summed E-state index contributed by atoms with van der Waals surface area (Å²) >= 11 is 0. The molecule has 1 aromatic carbocycles. The molecule has 0 heterocycles. The Labute approximate surface area is 184 Å². The molecule has 0 unspecified atom stereocenters. The van der Waals surface area contributed by atoms with Crippen LogP contribution in [0, 0.1) is 5.82 Å². The lowest BCUT2D eigenvalue weighted by molar-refractivity contribution is -0.435. The number of hydrogen-bond acceptors (Lipinski definition) is 3. The van der Waals surface area contributed by atoms with E-state index in [1.54, 1.807) is 10.9 Å². The molecular weight excluding hydrogens is 530 g/mol. The summed E-state index contributed by atoms with van der Waals surface area (Å²) in [6.45, 7) is 0.557. The van der Waals surface area contributed by atoms with Gasteiger partial charge >= 0.3 is 35.8 Å². The number of nitrogens with one attached hydrogen (secondary N) is 2. The van der Waals surface area contributed by atoms with E-state index < -0.39 is 65.1 Å². The van der Waals surface area contributed by atoms with E-state index in [0.29, 0.717) is 6.92 Å². The van der Waals surface area contributed by atoms with E-state index in [0.717, 1.165) is 24.3 Å². The van der Waals surface area contributed by atoms with Crippen molar-refractivity contribution in [3.63, 3.8) is 0 Å². The highest BCUT2D eigenvalue weighted by atomic mass is 19.4. The monoisotopic (exact) mass is 540 g/mol. The topological polar surface area (TPSA) is 58.2 Å². The van der Waals surface area contributed by atoms with Crippen molar-refractivity contribution in [3.05, 3.63) is 47.4 Å². The molecule has 0 aromatic heterocycles. The number of hydrazine groups is 1. The minimum absolute atomic E-state index is 0.289. The standard InChI is InChI=1S/C17H10F14N2O2/c1-7(32-33-11(35)8-2-4-9(18)5-3-8)6-10(34)12(19,20)13(21,22)14(23,24)15(25,26)16(27,28)17(29,30)31/h2-6,32H,1H3,(H,33,35)/b7-6+. The Balaban J connectivity index is 3.18. The van der Waals surface area contributed by atoms with E-state index >= 15 is 0 Å². The molecule has 0 aliphatic carbocycles. The van der Waals surface area contributed by atoms with Gasteiger partial charge in [-0.3, -0.25) is 15.0 Å². The van der Waals surface area contributed by atoms with Crippen LogP contribution in [-0.4, -0.2) is 47.5 Å². The number of carbonyl (C=O) groups is 2. The van der Waals surface area contributed by atoms with Gasteiger partial charge in [0, 0.05) is 17.3 Å². The second-order valence-corrected chi connectivity index (χ2v) is 6.65. The number of allylic oxidation sites excluding steroid dienone is 2. The van der Waals surface area contributed by atoms with Crippen LogP contribution in [0.5, 0.6) is 0 Å². The number of carbonyl (C=O) groups excluding carboxylic acids is 2. The predicted octanol–water partition coefficient (Wildman–Crippen LogP) is 5.27. The molecule has 0 radical (unpaired) electrons. The zero-order chi connectivity index (χ0) is 27.8. The summed E-state index contributed by atoms with van der Waals surface area (Å²) in [6.07, 6.45) is -8.23. The normalized spacial score (nSPS) is 14.5. The molecule has 1 aromatic rings. The summed E-state index contributed by atoms with van der Waals surface area (Å²) in [5, 5.41) is 0. The zero-order valence-corrected chi connectivity index (χ0v) is 16.5. The van der Waals surface area contributed by atoms with Crippen molar-refractivity contribution in [2.24, 2.45) is 0 Å². The molecule has 0 atom stereocenters. The molecule has 4 nitrogen and oxygen atoms in total. The van der Waals surface area contributed by atoms with Gasteiger partial charge in [0.25, 0.3) is 5.91 Å². The Hall–Kier alpha value is -3.08. The van der Waals surface area contributed by atoms with Gasteiger partial charge < -0.3 is 5.43 Å². The Bertz CT molecular complexity index is 983. The van der Waals surface area contributed by atoms with Gasteiger partial charge in [-0.2, -0.15) is 57.1 Å². The quantitative estimate of drug-likeness (QED) is 0.255. The van der Waals surface area contributed by atoms with E-state index in [-0.39, 0.29) is 5.56 Å². The van der Waals surface area contributed by atoms with Gasteiger partial charge in [0.15, 0.2) is 0 Å². The first-order valence-electron chi connectivity index (χ1n) is 8.45. The molecule has 198 valence electrons. The third kappa shape index (κ3) is 5.14. The van der Waals surface area contributed by atoms with Crippen LogP contribution in [0.15, 0.2) is 36.0 Å². The molecule has 0 saturated carbocycles. The van der Waals surface area contributed by atoms with Crippen LogP contribution >= 0.6 is 0 Å². The highest BCUT2D eigenvalue weighted by Gasteiger charge is 2.91. The summed E-state index contributed by atoms with van der Waals surface area (Å²) in [5.74, 6) is -44.2. The second kappa shape index (κ2) is 9.18. The molecule has 0 fully saturated rings. The average molecular weight is 540 g/mol. The first-order valence-corrected chi connectivity index (χ1v) is 8.45.